The van der Waals surface area contributed by atoms with Crippen molar-refractivity contribution in [2.45, 2.75) is 6.10 Å². The molecule has 1 amide bonds. The Morgan fingerprint density at radius 3 is 3.06 bits per heavy atom. The fraction of sp³-hybridized carbons (Fsp3) is 0.250. The summed E-state index contributed by atoms with van der Waals surface area (Å²) in [5.74, 6) is 1.11. The number of nitrogens with one attached hydrogen (secondary N) is 1. The van der Waals surface area contributed by atoms with E-state index in [1.165, 1.54) is 7.11 Å². The van der Waals surface area contributed by atoms with Gasteiger partial charge < -0.3 is 19.6 Å². The number of ether oxygens (including phenoxy) is 1. The number of carbonyl (C=O) groups is 1. The lowest BCUT2D eigenvalue weighted by Gasteiger charge is -2.08. The number of alkyl carbamates (subject to hydrolysis) is 1. The number of furan rings is 1. The predicted molar refractivity (Wildman–Crippen MR) is 67.4 cm³/mol. The van der Waals surface area contributed by atoms with E-state index in [-0.39, 0.29) is 6.54 Å². The average molecular weight is 267 g/mol. The van der Waals surface area contributed by atoms with Crippen molar-refractivity contribution in [3.63, 3.8) is 0 Å². The molecule has 2 aromatic heterocycles. The van der Waals surface area contributed by atoms with Crippen molar-refractivity contribution in [2.24, 2.45) is 0 Å². The number of aliphatic hydroxyl groups excluding tert-OH is 1. The molecule has 0 bridgehead atoms. The number of aliphatic hydroxyl groups is 1. The van der Waals surface area contributed by atoms with Gasteiger partial charge in [0.05, 0.1) is 13.7 Å². The van der Waals surface area contributed by atoms with E-state index in [0.29, 0.717) is 11.5 Å². The molecule has 0 unspecified atom stereocenters. The summed E-state index contributed by atoms with van der Waals surface area (Å²) in [6.45, 7) is 0.0449. The Hall–Kier alpha value is -1.79. The SMILES string of the molecule is COC(=O)NC[C@H](O)c1ccc(-c2ccsc2)o1. The summed E-state index contributed by atoms with van der Waals surface area (Å²) in [6.07, 6.45) is -1.48. The largest absolute Gasteiger partial charge is 0.458 e. The molecule has 0 fully saturated rings. The van der Waals surface area contributed by atoms with Gasteiger partial charge in [-0.25, -0.2) is 4.79 Å². The highest BCUT2D eigenvalue weighted by atomic mass is 32.1. The molecule has 0 aromatic carbocycles. The lowest BCUT2D eigenvalue weighted by Crippen LogP contribution is -2.27. The molecule has 18 heavy (non-hydrogen) atoms. The molecular weight excluding hydrogens is 254 g/mol. The normalized spacial score (nSPS) is 12.1. The van der Waals surface area contributed by atoms with Gasteiger partial charge in [-0.15, -0.1) is 0 Å². The third kappa shape index (κ3) is 2.91. The van der Waals surface area contributed by atoms with E-state index in [1.807, 2.05) is 16.8 Å². The Kier molecular flexibility index (Phi) is 4.01. The summed E-state index contributed by atoms with van der Waals surface area (Å²) >= 11 is 1.57. The Labute approximate surface area is 108 Å². The van der Waals surface area contributed by atoms with Crippen LogP contribution in [0.1, 0.15) is 11.9 Å². The molecule has 5 nitrogen and oxygen atoms in total. The molecule has 0 saturated carbocycles. The first-order chi connectivity index (χ1) is 8.70. The summed E-state index contributed by atoms with van der Waals surface area (Å²) in [6, 6.07) is 5.42. The number of amides is 1. The molecular formula is C12H13NO4S. The topological polar surface area (TPSA) is 71.7 Å². The molecule has 0 radical (unpaired) electrons. The molecule has 0 aliphatic carbocycles. The number of carbonyl (C=O) groups excluding carboxylic acids is 1. The van der Waals surface area contributed by atoms with Gasteiger partial charge in [-0.3, -0.25) is 0 Å². The van der Waals surface area contributed by atoms with Crippen molar-refractivity contribution in [1.82, 2.24) is 5.32 Å². The van der Waals surface area contributed by atoms with Crippen molar-refractivity contribution in [3.8, 4) is 11.3 Å². The van der Waals surface area contributed by atoms with Gasteiger partial charge in [-0.1, -0.05) is 0 Å². The maximum absolute atomic E-state index is 10.9. The minimum atomic E-state index is -0.892. The second-order valence-corrected chi connectivity index (χ2v) is 4.38. The van der Waals surface area contributed by atoms with Crippen LogP contribution >= 0.6 is 11.3 Å². The highest BCUT2D eigenvalue weighted by Crippen LogP contribution is 2.26. The molecule has 6 heteroatoms. The minimum Gasteiger partial charge on any atom is -0.458 e. The first-order valence-electron chi connectivity index (χ1n) is 5.33. The molecule has 2 heterocycles. The van der Waals surface area contributed by atoms with Crippen molar-refractivity contribution in [2.75, 3.05) is 13.7 Å². The first kappa shape index (κ1) is 12.7. The molecule has 0 saturated heterocycles. The van der Waals surface area contributed by atoms with Gasteiger partial charge in [0.15, 0.2) is 0 Å². The zero-order chi connectivity index (χ0) is 13.0. The Balaban J connectivity index is 1.99. The lowest BCUT2D eigenvalue weighted by molar-refractivity contribution is 0.134. The van der Waals surface area contributed by atoms with E-state index in [2.05, 4.69) is 10.1 Å². The summed E-state index contributed by atoms with van der Waals surface area (Å²) < 4.78 is 9.93. The van der Waals surface area contributed by atoms with Gasteiger partial charge >= 0.3 is 6.09 Å². The van der Waals surface area contributed by atoms with Crippen LogP contribution in [-0.2, 0) is 4.74 Å². The van der Waals surface area contributed by atoms with Crippen molar-refractivity contribution >= 4 is 17.4 Å². The summed E-state index contributed by atoms with van der Waals surface area (Å²) in [5.41, 5.74) is 0.972. The molecule has 2 rings (SSSR count). The van der Waals surface area contributed by atoms with Crippen LogP contribution in [0.4, 0.5) is 4.79 Å². The number of hydrogen-bond donors (Lipinski definition) is 2. The minimum absolute atomic E-state index is 0.0449. The van der Waals surface area contributed by atoms with E-state index in [0.717, 1.165) is 5.56 Å². The fourth-order valence-corrected chi connectivity index (χ4v) is 2.09. The molecule has 2 N–H and O–H groups in total. The smallest absolute Gasteiger partial charge is 0.406 e. The highest BCUT2D eigenvalue weighted by Gasteiger charge is 2.14. The first-order valence-corrected chi connectivity index (χ1v) is 6.27. The maximum atomic E-state index is 10.9. The van der Waals surface area contributed by atoms with E-state index >= 15 is 0 Å². The lowest BCUT2D eigenvalue weighted by atomic mass is 10.2. The zero-order valence-corrected chi connectivity index (χ0v) is 10.6. The molecule has 0 aliphatic heterocycles. The quantitative estimate of drug-likeness (QED) is 0.892. The van der Waals surface area contributed by atoms with Crippen LogP contribution in [0.2, 0.25) is 0 Å². The van der Waals surface area contributed by atoms with Crippen LogP contribution in [-0.4, -0.2) is 24.9 Å². The summed E-state index contributed by atoms with van der Waals surface area (Å²) in [7, 11) is 1.27. The molecule has 2 aromatic rings. The number of methoxy groups -OCH3 is 1. The molecule has 0 spiro atoms. The third-order valence-electron chi connectivity index (χ3n) is 2.39. The Morgan fingerprint density at radius 1 is 1.56 bits per heavy atom. The van der Waals surface area contributed by atoms with E-state index in [9.17, 15) is 9.90 Å². The second-order valence-electron chi connectivity index (χ2n) is 3.60. The van der Waals surface area contributed by atoms with Gasteiger partial charge in [0.1, 0.15) is 17.6 Å². The maximum Gasteiger partial charge on any atom is 0.406 e. The van der Waals surface area contributed by atoms with E-state index in [1.54, 1.807) is 23.5 Å². The van der Waals surface area contributed by atoms with E-state index < -0.39 is 12.2 Å². The van der Waals surface area contributed by atoms with Crippen molar-refractivity contribution in [3.05, 3.63) is 34.7 Å². The second kappa shape index (κ2) is 5.70. The number of hydrogen-bond acceptors (Lipinski definition) is 5. The monoisotopic (exact) mass is 267 g/mol. The Bertz CT molecular complexity index is 506. The molecule has 96 valence electrons. The van der Waals surface area contributed by atoms with Crippen LogP contribution in [0.25, 0.3) is 11.3 Å². The van der Waals surface area contributed by atoms with Crippen LogP contribution in [0.3, 0.4) is 0 Å². The standard InChI is InChI=1S/C12H13NO4S/c1-16-12(15)13-6-9(14)11-3-2-10(17-11)8-4-5-18-7-8/h2-5,7,9,14H,6H2,1H3,(H,13,15)/t9-/m0/s1. The third-order valence-corrected chi connectivity index (χ3v) is 3.07. The van der Waals surface area contributed by atoms with Gasteiger partial charge in [0, 0.05) is 10.9 Å². The van der Waals surface area contributed by atoms with Crippen LogP contribution in [0.5, 0.6) is 0 Å². The Morgan fingerprint density at radius 2 is 2.39 bits per heavy atom. The fourth-order valence-electron chi connectivity index (χ4n) is 1.44. The molecule has 1 atom stereocenters. The molecule has 0 aliphatic rings. The highest BCUT2D eigenvalue weighted by molar-refractivity contribution is 7.08. The van der Waals surface area contributed by atoms with Gasteiger partial charge in [0.2, 0.25) is 0 Å². The van der Waals surface area contributed by atoms with Crippen LogP contribution in [0.15, 0.2) is 33.4 Å². The zero-order valence-electron chi connectivity index (χ0n) is 9.75. The average Bonchev–Trinajstić information content (AvgIpc) is 3.04. The predicted octanol–water partition coefficient (Wildman–Crippen LogP) is 2.40. The van der Waals surface area contributed by atoms with Crippen LogP contribution < -0.4 is 5.32 Å². The van der Waals surface area contributed by atoms with Crippen molar-refractivity contribution < 1.29 is 19.1 Å². The number of rotatable bonds is 4. The van der Waals surface area contributed by atoms with Crippen LogP contribution in [0, 0.1) is 0 Å². The van der Waals surface area contributed by atoms with E-state index in [4.69, 9.17) is 4.42 Å². The van der Waals surface area contributed by atoms with Gasteiger partial charge in [0.25, 0.3) is 0 Å². The van der Waals surface area contributed by atoms with Gasteiger partial charge in [-0.05, 0) is 23.6 Å². The summed E-state index contributed by atoms with van der Waals surface area (Å²) in [4.78, 5) is 10.9. The number of thiophene rings is 1. The van der Waals surface area contributed by atoms with Crippen molar-refractivity contribution in [1.29, 1.82) is 0 Å². The van der Waals surface area contributed by atoms with Gasteiger partial charge in [-0.2, -0.15) is 11.3 Å². The summed E-state index contributed by atoms with van der Waals surface area (Å²) in [5, 5.41) is 16.1.